The topological polar surface area (TPSA) is 44.3 Å². The van der Waals surface area contributed by atoms with Crippen LogP contribution >= 0.6 is 11.6 Å². The number of halogens is 1. The zero-order valence-electron chi connectivity index (χ0n) is 10.1. The minimum absolute atomic E-state index is 0.434. The Morgan fingerprint density at radius 3 is 2.76 bits per heavy atom. The Labute approximate surface area is 107 Å². The van der Waals surface area contributed by atoms with Crippen LogP contribution in [0.1, 0.15) is 0 Å². The molecule has 1 N–H and O–H groups in total. The van der Waals surface area contributed by atoms with Crippen molar-refractivity contribution in [2.24, 2.45) is 0 Å². The van der Waals surface area contributed by atoms with Gasteiger partial charge in [-0.25, -0.2) is 0 Å². The molecule has 0 radical (unpaired) electrons. The molecule has 2 heterocycles. The van der Waals surface area contributed by atoms with E-state index in [1.165, 1.54) is 0 Å². The third-order valence-corrected chi connectivity index (χ3v) is 3.17. The van der Waals surface area contributed by atoms with Gasteiger partial charge in [-0.3, -0.25) is 4.90 Å². The number of anilines is 1. The summed E-state index contributed by atoms with van der Waals surface area (Å²) in [5, 5.41) is 11.7. The van der Waals surface area contributed by atoms with E-state index >= 15 is 0 Å². The second-order valence-corrected chi connectivity index (χ2v) is 4.61. The highest BCUT2D eigenvalue weighted by Gasteiger charge is 2.10. The third kappa shape index (κ3) is 3.80. The van der Waals surface area contributed by atoms with Gasteiger partial charge in [0.05, 0.1) is 0 Å². The highest BCUT2D eigenvalue weighted by atomic mass is 35.5. The number of likely N-dealkylation sites (N-methyl/N-ethyl adjacent to an activating group) is 1. The molecule has 0 unspecified atom stereocenters. The molecule has 5 nitrogen and oxygen atoms in total. The van der Waals surface area contributed by atoms with E-state index in [0.29, 0.717) is 5.15 Å². The number of rotatable bonds is 4. The maximum atomic E-state index is 5.71. The van der Waals surface area contributed by atoms with Gasteiger partial charge in [0.15, 0.2) is 11.0 Å². The molecule has 2 rings (SSSR count). The van der Waals surface area contributed by atoms with E-state index in [1.54, 1.807) is 6.07 Å². The molecule has 1 aliphatic rings. The van der Waals surface area contributed by atoms with Crippen molar-refractivity contribution in [2.45, 2.75) is 0 Å². The SMILES string of the molecule is CN(CCN1CCNCC1)c1ccc(Cl)nn1. The van der Waals surface area contributed by atoms with Crippen LogP contribution in [0.25, 0.3) is 0 Å². The van der Waals surface area contributed by atoms with Crippen molar-refractivity contribution in [3.8, 4) is 0 Å². The molecule has 1 fully saturated rings. The summed E-state index contributed by atoms with van der Waals surface area (Å²) in [7, 11) is 2.03. The first-order valence-corrected chi connectivity index (χ1v) is 6.27. The van der Waals surface area contributed by atoms with E-state index in [1.807, 2.05) is 13.1 Å². The second kappa shape index (κ2) is 6.14. The second-order valence-electron chi connectivity index (χ2n) is 4.23. The van der Waals surface area contributed by atoms with Crippen molar-refractivity contribution in [3.63, 3.8) is 0 Å². The highest BCUT2D eigenvalue weighted by molar-refractivity contribution is 6.29. The lowest BCUT2D eigenvalue weighted by molar-refractivity contribution is 0.246. The molecule has 0 saturated carbocycles. The van der Waals surface area contributed by atoms with Crippen LogP contribution < -0.4 is 10.2 Å². The average Bonchev–Trinajstić information content (AvgIpc) is 2.38. The Morgan fingerprint density at radius 2 is 2.12 bits per heavy atom. The largest absolute Gasteiger partial charge is 0.357 e. The lowest BCUT2D eigenvalue weighted by Gasteiger charge is -2.29. The van der Waals surface area contributed by atoms with Crippen LogP contribution in [-0.4, -0.2) is 61.4 Å². The minimum atomic E-state index is 0.434. The van der Waals surface area contributed by atoms with Crippen molar-refractivity contribution in [1.29, 1.82) is 0 Å². The van der Waals surface area contributed by atoms with Gasteiger partial charge in [-0.05, 0) is 12.1 Å². The van der Waals surface area contributed by atoms with Crippen LogP contribution in [-0.2, 0) is 0 Å². The molecule has 0 bridgehead atoms. The molecule has 1 aromatic heterocycles. The lowest BCUT2D eigenvalue weighted by Crippen LogP contribution is -2.46. The first-order chi connectivity index (χ1) is 8.25. The summed E-state index contributed by atoms with van der Waals surface area (Å²) in [4.78, 5) is 4.56. The van der Waals surface area contributed by atoms with Crippen molar-refractivity contribution in [2.75, 3.05) is 51.2 Å². The van der Waals surface area contributed by atoms with Crippen molar-refractivity contribution < 1.29 is 0 Å². The minimum Gasteiger partial charge on any atom is -0.357 e. The van der Waals surface area contributed by atoms with Gasteiger partial charge >= 0.3 is 0 Å². The molecular weight excluding hydrogens is 238 g/mol. The van der Waals surface area contributed by atoms with E-state index < -0.39 is 0 Å². The molecule has 1 aromatic rings. The predicted octanol–water partition coefficient (Wildman–Crippen LogP) is 0.471. The van der Waals surface area contributed by atoms with Gasteiger partial charge < -0.3 is 10.2 Å². The number of nitrogens with zero attached hydrogens (tertiary/aromatic N) is 4. The van der Waals surface area contributed by atoms with E-state index in [2.05, 4.69) is 25.3 Å². The van der Waals surface area contributed by atoms with Crippen LogP contribution in [0.5, 0.6) is 0 Å². The van der Waals surface area contributed by atoms with E-state index in [0.717, 1.165) is 45.1 Å². The quantitative estimate of drug-likeness (QED) is 0.848. The van der Waals surface area contributed by atoms with Gasteiger partial charge in [-0.2, -0.15) is 0 Å². The zero-order chi connectivity index (χ0) is 12.1. The molecule has 1 aliphatic heterocycles. The van der Waals surface area contributed by atoms with E-state index in [9.17, 15) is 0 Å². The summed E-state index contributed by atoms with van der Waals surface area (Å²) in [6.07, 6.45) is 0. The van der Waals surface area contributed by atoms with Gasteiger partial charge in [-0.15, -0.1) is 10.2 Å². The first kappa shape index (κ1) is 12.5. The standard InChI is InChI=1S/C11H18ClN5/c1-16(11-3-2-10(12)14-15-11)8-9-17-6-4-13-5-7-17/h2-3,13H,4-9H2,1H3. The van der Waals surface area contributed by atoms with Gasteiger partial charge in [0.25, 0.3) is 0 Å². The van der Waals surface area contributed by atoms with Gasteiger partial charge in [0, 0.05) is 46.3 Å². The zero-order valence-corrected chi connectivity index (χ0v) is 10.8. The Bertz CT molecular complexity index is 336. The van der Waals surface area contributed by atoms with Crippen LogP contribution in [0.3, 0.4) is 0 Å². The third-order valence-electron chi connectivity index (χ3n) is 2.97. The molecule has 0 atom stereocenters. The first-order valence-electron chi connectivity index (χ1n) is 5.89. The van der Waals surface area contributed by atoms with Crippen molar-refractivity contribution in [1.82, 2.24) is 20.4 Å². The fraction of sp³-hybridized carbons (Fsp3) is 0.636. The number of nitrogens with one attached hydrogen (secondary N) is 1. The average molecular weight is 256 g/mol. The van der Waals surface area contributed by atoms with Crippen LogP contribution in [0.2, 0.25) is 5.15 Å². The summed E-state index contributed by atoms with van der Waals surface area (Å²) in [6, 6.07) is 3.66. The lowest BCUT2D eigenvalue weighted by atomic mass is 10.3. The molecule has 0 aliphatic carbocycles. The molecule has 1 saturated heterocycles. The Hall–Kier alpha value is -0.910. The normalized spacial score (nSPS) is 17.1. The summed E-state index contributed by atoms with van der Waals surface area (Å²) >= 11 is 5.71. The Morgan fingerprint density at radius 1 is 1.35 bits per heavy atom. The smallest absolute Gasteiger partial charge is 0.151 e. The Kier molecular flexibility index (Phi) is 4.53. The van der Waals surface area contributed by atoms with Gasteiger partial charge in [0.2, 0.25) is 0 Å². The van der Waals surface area contributed by atoms with Gasteiger partial charge in [-0.1, -0.05) is 11.6 Å². The van der Waals surface area contributed by atoms with Crippen LogP contribution in [0.4, 0.5) is 5.82 Å². The van der Waals surface area contributed by atoms with Crippen molar-refractivity contribution >= 4 is 17.4 Å². The molecule has 0 spiro atoms. The predicted molar refractivity (Wildman–Crippen MR) is 69.6 cm³/mol. The molecular formula is C11H18ClN5. The molecule has 94 valence electrons. The number of hydrogen-bond acceptors (Lipinski definition) is 5. The van der Waals surface area contributed by atoms with Crippen LogP contribution in [0.15, 0.2) is 12.1 Å². The van der Waals surface area contributed by atoms with E-state index in [-0.39, 0.29) is 0 Å². The molecule has 0 aromatic carbocycles. The summed E-state index contributed by atoms with van der Waals surface area (Å²) in [5.74, 6) is 0.865. The summed E-state index contributed by atoms with van der Waals surface area (Å²) < 4.78 is 0. The fourth-order valence-electron chi connectivity index (χ4n) is 1.85. The number of aromatic nitrogens is 2. The summed E-state index contributed by atoms with van der Waals surface area (Å²) in [5.41, 5.74) is 0. The molecule has 17 heavy (non-hydrogen) atoms. The highest BCUT2D eigenvalue weighted by Crippen LogP contribution is 2.09. The summed E-state index contributed by atoms with van der Waals surface area (Å²) in [6.45, 7) is 6.44. The molecule has 6 heteroatoms. The fourth-order valence-corrected chi connectivity index (χ4v) is 1.95. The maximum Gasteiger partial charge on any atom is 0.151 e. The number of hydrogen-bond donors (Lipinski definition) is 1. The van der Waals surface area contributed by atoms with Crippen LogP contribution in [0, 0.1) is 0 Å². The van der Waals surface area contributed by atoms with Crippen molar-refractivity contribution in [3.05, 3.63) is 17.3 Å². The Balaban J connectivity index is 1.80. The van der Waals surface area contributed by atoms with Gasteiger partial charge in [0.1, 0.15) is 0 Å². The monoisotopic (exact) mass is 255 g/mol. The number of piperazine rings is 1. The molecule has 0 amide bonds. The van der Waals surface area contributed by atoms with E-state index in [4.69, 9.17) is 11.6 Å². The maximum absolute atomic E-state index is 5.71.